The van der Waals surface area contributed by atoms with Crippen LogP contribution in [0.3, 0.4) is 0 Å². The summed E-state index contributed by atoms with van der Waals surface area (Å²) in [6.07, 6.45) is -6.10. The fourth-order valence-corrected chi connectivity index (χ4v) is 1.61. The first-order chi connectivity index (χ1) is 11.3. The van der Waals surface area contributed by atoms with Crippen molar-refractivity contribution in [3.63, 3.8) is 0 Å². The molecule has 0 saturated heterocycles. The lowest BCUT2D eigenvalue weighted by molar-refractivity contribution is -0.174. The van der Waals surface area contributed by atoms with E-state index in [0.717, 1.165) is 6.08 Å². The molecule has 0 spiro atoms. The summed E-state index contributed by atoms with van der Waals surface area (Å²) < 4.78 is 4.26. The van der Waals surface area contributed by atoms with E-state index in [9.17, 15) is 24.9 Å². The van der Waals surface area contributed by atoms with E-state index >= 15 is 0 Å². The normalized spacial score (nSPS) is 16.4. The maximum atomic E-state index is 11.5. The summed E-state index contributed by atoms with van der Waals surface area (Å²) in [7, 11) is 0. The van der Waals surface area contributed by atoms with E-state index < -0.39 is 43.0 Å². The van der Waals surface area contributed by atoms with Crippen molar-refractivity contribution in [3.05, 3.63) is 35.9 Å². The molecule has 0 radical (unpaired) electrons. The Balaban J connectivity index is 2.59. The van der Waals surface area contributed by atoms with Crippen molar-refractivity contribution in [1.29, 1.82) is 0 Å². The number of aliphatic hydroxyl groups is 5. The van der Waals surface area contributed by atoms with Crippen LogP contribution in [0.2, 0.25) is 0 Å². The summed E-state index contributed by atoms with van der Waals surface area (Å²) >= 11 is 0. The molecule has 0 aliphatic rings. The largest absolute Gasteiger partial charge is 0.508 e. The smallest absolute Gasteiger partial charge is 0.345 e. The molecule has 24 heavy (non-hydrogen) atoms. The summed E-state index contributed by atoms with van der Waals surface area (Å²) in [5, 5.41) is 55.2. The fourth-order valence-electron chi connectivity index (χ4n) is 1.61. The van der Waals surface area contributed by atoms with Crippen molar-refractivity contribution in [2.24, 2.45) is 0 Å². The number of benzene rings is 1. The van der Waals surface area contributed by atoms with Crippen LogP contribution in [0.5, 0.6) is 5.75 Å². The number of rotatable bonds is 7. The summed E-state index contributed by atoms with van der Waals surface area (Å²) in [5.74, 6) is -2.64. The van der Waals surface area contributed by atoms with Crippen LogP contribution >= 0.6 is 0 Å². The molecule has 0 saturated carbocycles. The maximum absolute atomic E-state index is 11.5. The van der Waals surface area contributed by atoms with E-state index in [1.54, 1.807) is 0 Å². The molecule has 6 N–H and O–H groups in total. The van der Waals surface area contributed by atoms with Gasteiger partial charge in [-0.05, 0) is 23.8 Å². The summed E-state index contributed by atoms with van der Waals surface area (Å²) in [6.45, 7) is -0.908. The molecular formula is C15H18O9. The molecule has 0 aliphatic heterocycles. The van der Waals surface area contributed by atoms with Crippen LogP contribution in [0.25, 0.3) is 6.08 Å². The third-order valence-electron chi connectivity index (χ3n) is 3.00. The Morgan fingerprint density at radius 1 is 1.04 bits per heavy atom. The van der Waals surface area contributed by atoms with Gasteiger partial charge in [0.15, 0.2) is 6.10 Å². The number of carbonyl (C=O) groups excluding carboxylic acids is 2. The Kier molecular flexibility index (Phi) is 7.49. The number of phenols is 1. The molecule has 0 amide bonds. The monoisotopic (exact) mass is 342 g/mol. The zero-order chi connectivity index (χ0) is 18.3. The highest BCUT2D eigenvalue weighted by Crippen LogP contribution is 2.11. The topological polar surface area (TPSA) is 165 Å². The van der Waals surface area contributed by atoms with Gasteiger partial charge in [0.25, 0.3) is 0 Å². The second-order valence-electron chi connectivity index (χ2n) is 4.84. The summed E-state index contributed by atoms with van der Waals surface area (Å²) in [6, 6.07) is 5.74. The standard InChI is InChI=1S/C15H18O9/c16-7-10(18)12(20)13(21)14(22)15(23)24-11(19)6-3-8-1-4-9(17)5-2-8/h1-6,10,12-14,16-18,20-22H,7H2/b6-3+/t10-,12-,13+,14-/m1/s1. The zero-order valence-corrected chi connectivity index (χ0v) is 12.4. The lowest BCUT2D eigenvalue weighted by atomic mass is 10.0. The Hall–Kier alpha value is -2.30. The molecule has 1 aromatic carbocycles. The molecule has 1 rings (SSSR count). The van der Waals surface area contributed by atoms with Crippen LogP contribution in [0.15, 0.2) is 30.3 Å². The van der Waals surface area contributed by atoms with Crippen LogP contribution in [0, 0.1) is 0 Å². The molecule has 0 fully saturated rings. The van der Waals surface area contributed by atoms with Gasteiger partial charge in [0.05, 0.1) is 6.61 Å². The van der Waals surface area contributed by atoms with Crippen molar-refractivity contribution in [3.8, 4) is 5.75 Å². The second kappa shape index (κ2) is 9.11. The highest BCUT2D eigenvalue weighted by molar-refractivity contribution is 5.96. The zero-order valence-electron chi connectivity index (χ0n) is 12.4. The van der Waals surface area contributed by atoms with Crippen molar-refractivity contribution in [2.75, 3.05) is 6.61 Å². The Morgan fingerprint density at radius 3 is 2.17 bits per heavy atom. The van der Waals surface area contributed by atoms with Crippen LogP contribution in [-0.2, 0) is 14.3 Å². The van der Waals surface area contributed by atoms with Gasteiger partial charge in [-0.15, -0.1) is 0 Å². The van der Waals surface area contributed by atoms with Crippen LogP contribution in [0.4, 0.5) is 0 Å². The van der Waals surface area contributed by atoms with Gasteiger partial charge >= 0.3 is 11.9 Å². The molecule has 0 heterocycles. The van der Waals surface area contributed by atoms with E-state index in [-0.39, 0.29) is 5.75 Å². The van der Waals surface area contributed by atoms with Crippen LogP contribution < -0.4 is 0 Å². The third-order valence-corrected chi connectivity index (χ3v) is 3.00. The third kappa shape index (κ3) is 5.72. The SMILES string of the molecule is O=C(/C=C/c1ccc(O)cc1)OC(=O)[C@H](O)[C@@H](O)[C@H](O)[C@H](O)CO. The van der Waals surface area contributed by atoms with Gasteiger partial charge in [-0.3, -0.25) is 0 Å². The number of aromatic hydroxyl groups is 1. The number of carbonyl (C=O) groups is 2. The van der Waals surface area contributed by atoms with Crippen molar-refractivity contribution in [1.82, 2.24) is 0 Å². The average Bonchev–Trinajstić information content (AvgIpc) is 2.58. The molecular weight excluding hydrogens is 324 g/mol. The molecule has 4 atom stereocenters. The Morgan fingerprint density at radius 2 is 1.62 bits per heavy atom. The predicted octanol–water partition coefficient (Wildman–Crippen LogP) is -2.09. The Labute approximate surface area is 136 Å². The first-order valence-corrected chi connectivity index (χ1v) is 6.82. The van der Waals surface area contributed by atoms with E-state index in [1.165, 1.54) is 30.3 Å². The number of aliphatic hydroxyl groups excluding tert-OH is 5. The quantitative estimate of drug-likeness (QED) is 0.185. The molecule has 0 bridgehead atoms. The minimum absolute atomic E-state index is 0.0330. The second-order valence-corrected chi connectivity index (χ2v) is 4.84. The van der Waals surface area contributed by atoms with Gasteiger partial charge in [0, 0.05) is 6.08 Å². The predicted molar refractivity (Wildman–Crippen MR) is 79.4 cm³/mol. The molecule has 0 aliphatic carbocycles. The number of esters is 2. The first kappa shape index (κ1) is 19.7. The average molecular weight is 342 g/mol. The molecule has 9 heteroatoms. The molecule has 0 aromatic heterocycles. The molecule has 1 aromatic rings. The van der Waals surface area contributed by atoms with Gasteiger partial charge in [-0.1, -0.05) is 12.1 Å². The minimum Gasteiger partial charge on any atom is -0.508 e. The number of phenolic OH excluding ortho intramolecular Hbond substituents is 1. The lowest BCUT2D eigenvalue weighted by Gasteiger charge is -2.23. The van der Waals surface area contributed by atoms with Gasteiger partial charge in [-0.2, -0.15) is 0 Å². The van der Waals surface area contributed by atoms with Gasteiger partial charge in [0.1, 0.15) is 24.1 Å². The Bertz CT molecular complexity index is 581. The van der Waals surface area contributed by atoms with Crippen molar-refractivity contribution in [2.45, 2.75) is 24.4 Å². The van der Waals surface area contributed by atoms with Crippen molar-refractivity contribution < 1.29 is 45.0 Å². The van der Waals surface area contributed by atoms with Crippen LogP contribution in [-0.4, -0.2) is 73.6 Å². The minimum atomic E-state index is -2.30. The lowest BCUT2D eigenvalue weighted by Crippen LogP contribution is -2.49. The first-order valence-electron chi connectivity index (χ1n) is 6.82. The molecule has 0 unspecified atom stereocenters. The van der Waals surface area contributed by atoms with E-state index in [0.29, 0.717) is 5.56 Å². The van der Waals surface area contributed by atoms with E-state index in [1.807, 2.05) is 0 Å². The number of hydrogen-bond acceptors (Lipinski definition) is 9. The van der Waals surface area contributed by atoms with Crippen LogP contribution in [0.1, 0.15) is 5.56 Å². The van der Waals surface area contributed by atoms with E-state index in [2.05, 4.69) is 4.74 Å². The van der Waals surface area contributed by atoms with Gasteiger partial charge in [0.2, 0.25) is 0 Å². The van der Waals surface area contributed by atoms with Gasteiger partial charge < -0.3 is 35.4 Å². The fraction of sp³-hybridized carbons (Fsp3) is 0.333. The van der Waals surface area contributed by atoms with Gasteiger partial charge in [-0.25, -0.2) is 9.59 Å². The summed E-state index contributed by atoms with van der Waals surface area (Å²) in [4.78, 5) is 22.9. The molecule has 132 valence electrons. The maximum Gasteiger partial charge on any atom is 0.345 e. The number of hydrogen-bond donors (Lipinski definition) is 6. The highest BCUT2D eigenvalue weighted by Gasteiger charge is 2.35. The number of ether oxygens (including phenoxy) is 1. The van der Waals surface area contributed by atoms with Crippen molar-refractivity contribution >= 4 is 18.0 Å². The van der Waals surface area contributed by atoms with E-state index in [4.69, 9.17) is 15.3 Å². The highest BCUT2D eigenvalue weighted by atomic mass is 16.6. The summed E-state index contributed by atoms with van der Waals surface area (Å²) in [5.41, 5.74) is 0.527. The molecule has 9 nitrogen and oxygen atoms in total.